The topological polar surface area (TPSA) is 35.5 Å². The third-order valence-corrected chi connectivity index (χ3v) is 5.61. The molecule has 1 aromatic rings. The van der Waals surface area contributed by atoms with Crippen LogP contribution in [0.3, 0.4) is 0 Å². The standard InChI is InChI=1S/C23H36O3/c1-4-6-8-9-19-10-15-22(18(3)17-19)23(24)26-21-13-11-20(12-14-21)25-16-7-5-2/h11-14,18-19,22H,4-10,15-17H2,1-3H3/t18-,19+,22-/m1/s1. The van der Waals surface area contributed by atoms with Crippen molar-refractivity contribution in [3.63, 3.8) is 0 Å². The molecule has 0 unspecified atom stereocenters. The SMILES string of the molecule is CCCCC[C@H]1CC[C@@H](C(=O)Oc2ccc(OCCCC)cc2)[C@H](C)C1. The summed E-state index contributed by atoms with van der Waals surface area (Å²) < 4.78 is 11.3. The molecule has 0 aliphatic heterocycles. The maximum Gasteiger partial charge on any atom is 0.314 e. The lowest BCUT2D eigenvalue weighted by Crippen LogP contribution is -2.32. The van der Waals surface area contributed by atoms with Crippen molar-refractivity contribution in [3.8, 4) is 11.5 Å². The summed E-state index contributed by atoms with van der Waals surface area (Å²) in [5, 5.41) is 0. The van der Waals surface area contributed by atoms with Crippen molar-refractivity contribution >= 4 is 5.97 Å². The van der Waals surface area contributed by atoms with Crippen LogP contribution in [-0.4, -0.2) is 12.6 Å². The minimum atomic E-state index is -0.0656. The van der Waals surface area contributed by atoms with Crippen LogP contribution in [-0.2, 0) is 4.79 Å². The lowest BCUT2D eigenvalue weighted by molar-refractivity contribution is -0.142. The predicted octanol–water partition coefficient (Wildman–Crippen LogP) is 6.40. The van der Waals surface area contributed by atoms with E-state index in [4.69, 9.17) is 9.47 Å². The fourth-order valence-corrected chi connectivity index (χ4v) is 3.93. The largest absolute Gasteiger partial charge is 0.494 e. The molecular formula is C23H36O3. The number of carbonyl (C=O) groups excluding carboxylic acids is 1. The minimum Gasteiger partial charge on any atom is -0.494 e. The Kier molecular flexibility index (Phi) is 9.00. The maximum atomic E-state index is 12.6. The number of benzene rings is 1. The second-order valence-corrected chi connectivity index (χ2v) is 7.85. The third-order valence-electron chi connectivity index (χ3n) is 5.61. The van der Waals surface area contributed by atoms with Crippen molar-refractivity contribution in [3.05, 3.63) is 24.3 Å². The van der Waals surface area contributed by atoms with Gasteiger partial charge in [0.15, 0.2) is 0 Å². The molecule has 1 aromatic carbocycles. The molecule has 2 rings (SSSR count). The molecule has 3 heteroatoms. The fourth-order valence-electron chi connectivity index (χ4n) is 3.93. The Bertz CT molecular complexity index is 523. The number of unbranched alkanes of at least 4 members (excludes halogenated alkanes) is 3. The molecule has 146 valence electrons. The zero-order valence-electron chi connectivity index (χ0n) is 16.8. The average Bonchev–Trinajstić information content (AvgIpc) is 2.63. The van der Waals surface area contributed by atoms with Crippen LogP contribution in [0.25, 0.3) is 0 Å². The lowest BCUT2D eigenvalue weighted by atomic mass is 9.73. The van der Waals surface area contributed by atoms with Gasteiger partial charge in [-0.05, 0) is 61.8 Å². The lowest BCUT2D eigenvalue weighted by Gasteiger charge is -2.32. The molecule has 0 bridgehead atoms. The van der Waals surface area contributed by atoms with Gasteiger partial charge in [-0.25, -0.2) is 0 Å². The summed E-state index contributed by atoms with van der Waals surface area (Å²) in [6.07, 6.45) is 10.7. The normalized spacial score (nSPS) is 22.8. The van der Waals surface area contributed by atoms with Crippen LogP contribution in [0.15, 0.2) is 24.3 Å². The quantitative estimate of drug-likeness (QED) is 0.275. The summed E-state index contributed by atoms with van der Waals surface area (Å²) in [5.74, 6) is 2.64. The molecule has 0 amide bonds. The van der Waals surface area contributed by atoms with E-state index in [2.05, 4.69) is 20.8 Å². The van der Waals surface area contributed by atoms with E-state index in [-0.39, 0.29) is 11.9 Å². The van der Waals surface area contributed by atoms with Crippen LogP contribution in [0.5, 0.6) is 11.5 Å². The van der Waals surface area contributed by atoms with Crippen LogP contribution < -0.4 is 9.47 Å². The van der Waals surface area contributed by atoms with E-state index < -0.39 is 0 Å². The third kappa shape index (κ3) is 6.66. The van der Waals surface area contributed by atoms with E-state index >= 15 is 0 Å². The molecule has 3 atom stereocenters. The van der Waals surface area contributed by atoms with Gasteiger partial charge in [0.1, 0.15) is 11.5 Å². The Morgan fingerprint density at radius 1 is 1.00 bits per heavy atom. The first-order valence-electron chi connectivity index (χ1n) is 10.6. The van der Waals surface area contributed by atoms with Crippen molar-refractivity contribution in [1.29, 1.82) is 0 Å². The van der Waals surface area contributed by atoms with Crippen molar-refractivity contribution in [2.24, 2.45) is 17.8 Å². The maximum absolute atomic E-state index is 12.6. The number of ether oxygens (including phenoxy) is 2. The van der Waals surface area contributed by atoms with E-state index in [0.29, 0.717) is 11.7 Å². The van der Waals surface area contributed by atoms with Crippen LogP contribution in [0.2, 0.25) is 0 Å². The van der Waals surface area contributed by atoms with Gasteiger partial charge in [-0.15, -0.1) is 0 Å². The van der Waals surface area contributed by atoms with E-state index in [1.54, 1.807) is 0 Å². The van der Waals surface area contributed by atoms with Crippen LogP contribution in [0, 0.1) is 17.8 Å². The molecule has 1 fully saturated rings. The summed E-state index contributed by atoms with van der Waals surface area (Å²) in [4.78, 5) is 12.6. The Labute approximate surface area is 159 Å². The summed E-state index contributed by atoms with van der Waals surface area (Å²) in [5.41, 5.74) is 0. The first kappa shape index (κ1) is 20.8. The Morgan fingerprint density at radius 3 is 2.35 bits per heavy atom. The molecule has 0 heterocycles. The Hall–Kier alpha value is -1.51. The van der Waals surface area contributed by atoms with Gasteiger partial charge in [0, 0.05) is 0 Å². The summed E-state index contributed by atoms with van der Waals surface area (Å²) in [7, 11) is 0. The molecule has 3 nitrogen and oxygen atoms in total. The molecule has 26 heavy (non-hydrogen) atoms. The Morgan fingerprint density at radius 2 is 1.69 bits per heavy atom. The molecule has 0 spiro atoms. The molecule has 1 aliphatic rings. The zero-order valence-corrected chi connectivity index (χ0v) is 16.8. The molecule has 0 radical (unpaired) electrons. The highest BCUT2D eigenvalue weighted by molar-refractivity contribution is 5.75. The number of rotatable bonds is 10. The van der Waals surface area contributed by atoms with Gasteiger partial charge < -0.3 is 9.47 Å². The van der Waals surface area contributed by atoms with Crippen molar-refractivity contribution in [1.82, 2.24) is 0 Å². The molecule has 0 N–H and O–H groups in total. The summed E-state index contributed by atoms with van der Waals surface area (Å²) in [6, 6.07) is 7.43. The van der Waals surface area contributed by atoms with Gasteiger partial charge in [-0.1, -0.05) is 52.9 Å². The van der Waals surface area contributed by atoms with Gasteiger partial charge in [0.25, 0.3) is 0 Å². The number of carbonyl (C=O) groups is 1. The molecule has 1 saturated carbocycles. The fraction of sp³-hybridized carbons (Fsp3) is 0.696. The average molecular weight is 361 g/mol. The monoisotopic (exact) mass is 360 g/mol. The number of esters is 1. The van der Waals surface area contributed by atoms with Crippen molar-refractivity contribution < 1.29 is 14.3 Å². The van der Waals surface area contributed by atoms with Gasteiger partial charge >= 0.3 is 5.97 Å². The summed E-state index contributed by atoms with van der Waals surface area (Å²) in [6.45, 7) is 7.34. The van der Waals surface area contributed by atoms with Crippen LogP contribution in [0.1, 0.15) is 78.6 Å². The number of hydrogen-bond donors (Lipinski definition) is 0. The van der Waals surface area contributed by atoms with Gasteiger partial charge in [0.05, 0.1) is 12.5 Å². The van der Waals surface area contributed by atoms with E-state index in [9.17, 15) is 4.79 Å². The second-order valence-electron chi connectivity index (χ2n) is 7.85. The van der Waals surface area contributed by atoms with Gasteiger partial charge in [0.2, 0.25) is 0 Å². The molecule has 1 aliphatic carbocycles. The second kappa shape index (κ2) is 11.3. The van der Waals surface area contributed by atoms with E-state index in [0.717, 1.165) is 50.4 Å². The highest BCUT2D eigenvalue weighted by Crippen LogP contribution is 2.37. The van der Waals surface area contributed by atoms with Crippen molar-refractivity contribution in [2.45, 2.75) is 78.6 Å². The van der Waals surface area contributed by atoms with Crippen molar-refractivity contribution in [2.75, 3.05) is 6.61 Å². The van der Waals surface area contributed by atoms with E-state index in [1.807, 2.05) is 24.3 Å². The highest BCUT2D eigenvalue weighted by atomic mass is 16.5. The smallest absolute Gasteiger partial charge is 0.314 e. The predicted molar refractivity (Wildman–Crippen MR) is 107 cm³/mol. The van der Waals surface area contributed by atoms with E-state index in [1.165, 1.54) is 25.7 Å². The first-order valence-corrected chi connectivity index (χ1v) is 10.6. The zero-order chi connectivity index (χ0) is 18.8. The molecule has 0 aromatic heterocycles. The molecular weight excluding hydrogens is 324 g/mol. The minimum absolute atomic E-state index is 0.0397. The highest BCUT2D eigenvalue weighted by Gasteiger charge is 2.33. The number of hydrogen-bond acceptors (Lipinski definition) is 3. The van der Waals surface area contributed by atoms with Crippen LogP contribution in [0.4, 0.5) is 0 Å². The first-order chi connectivity index (χ1) is 12.6. The van der Waals surface area contributed by atoms with Gasteiger partial charge in [-0.3, -0.25) is 4.79 Å². The van der Waals surface area contributed by atoms with Gasteiger partial charge in [-0.2, -0.15) is 0 Å². The van der Waals surface area contributed by atoms with Crippen LogP contribution >= 0.6 is 0 Å². The Balaban J connectivity index is 1.78. The molecule has 0 saturated heterocycles. The summed E-state index contributed by atoms with van der Waals surface area (Å²) >= 11 is 0.